The molecule has 21 heavy (non-hydrogen) atoms. The van der Waals surface area contributed by atoms with Gasteiger partial charge in [0.2, 0.25) is 10.0 Å². The van der Waals surface area contributed by atoms with E-state index >= 15 is 0 Å². The summed E-state index contributed by atoms with van der Waals surface area (Å²) in [7, 11) is -3.65. The minimum absolute atomic E-state index is 0. The molecule has 1 heterocycles. The molecule has 1 aromatic rings. The average molecular weight is 339 g/mol. The lowest BCUT2D eigenvalue weighted by atomic mass is 10.1. The number of halogens is 2. The van der Waals surface area contributed by atoms with Gasteiger partial charge in [0.15, 0.2) is 0 Å². The molecule has 1 saturated heterocycles. The molecule has 0 radical (unpaired) electrons. The fourth-order valence-electron chi connectivity index (χ4n) is 2.34. The van der Waals surface area contributed by atoms with Crippen molar-refractivity contribution in [3.05, 3.63) is 30.1 Å². The molecule has 0 aliphatic carbocycles. The molecule has 120 valence electrons. The van der Waals surface area contributed by atoms with Crippen LogP contribution < -0.4 is 5.73 Å². The van der Waals surface area contributed by atoms with Crippen LogP contribution in [0.2, 0.25) is 0 Å². The first-order valence-corrected chi connectivity index (χ1v) is 8.05. The maximum atomic E-state index is 12.9. The monoisotopic (exact) mass is 338 g/mol. The van der Waals surface area contributed by atoms with Crippen molar-refractivity contribution in [3.8, 4) is 0 Å². The van der Waals surface area contributed by atoms with E-state index in [1.807, 2.05) is 0 Å². The standard InChI is InChI=1S/C13H19FN2O3S.ClH/c14-11-1-3-13(4-2-11)20(17,18)16(8-7-15)12-5-9-19-10-6-12;/h1-4,12H,5-10,15H2;1H. The molecule has 2 N–H and O–H groups in total. The van der Waals surface area contributed by atoms with Gasteiger partial charge in [0.1, 0.15) is 5.82 Å². The minimum atomic E-state index is -3.65. The van der Waals surface area contributed by atoms with Gasteiger partial charge in [-0.05, 0) is 37.1 Å². The fourth-order valence-corrected chi connectivity index (χ4v) is 4.04. The zero-order valence-corrected chi connectivity index (χ0v) is 13.2. The molecule has 2 rings (SSSR count). The van der Waals surface area contributed by atoms with E-state index in [1.54, 1.807) is 0 Å². The molecule has 0 saturated carbocycles. The van der Waals surface area contributed by atoms with Crippen LogP contribution in [0.3, 0.4) is 0 Å². The van der Waals surface area contributed by atoms with Gasteiger partial charge >= 0.3 is 0 Å². The second-order valence-corrected chi connectivity index (χ2v) is 6.59. The smallest absolute Gasteiger partial charge is 0.243 e. The van der Waals surface area contributed by atoms with Crippen molar-refractivity contribution >= 4 is 22.4 Å². The van der Waals surface area contributed by atoms with Crippen LogP contribution >= 0.6 is 12.4 Å². The second kappa shape index (κ2) is 8.05. The Balaban J connectivity index is 0.00000220. The Kier molecular flexibility index (Phi) is 7.02. The molecule has 1 aliphatic rings. The van der Waals surface area contributed by atoms with Gasteiger partial charge in [-0.1, -0.05) is 0 Å². The van der Waals surface area contributed by atoms with Crippen LogP contribution in [0.25, 0.3) is 0 Å². The van der Waals surface area contributed by atoms with Crippen LogP contribution in [-0.2, 0) is 14.8 Å². The van der Waals surface area contributed by atoms with Gasteiger partial charge < -0.3 is 10.5 Å². The van der Waals surface area contributed by atoms with Crippen molar-refractivity contribution < 1.29 is 17.5 Å². The van der Waals surface area contributed by atoms with E-state index in [0.29, 0.717) is 26.1 Å². The van der Waals surface area contributed by atoms with Crippen molar-refractivity contribution in [2.45, 2.75) is 23.8 Å². The van der Waals surface area contributed by atoms with Crippen molar-refractivity contribution in [1.82, 2.24) is 4.31 Å². The Hall–Kier alpha value is -0.730. The zero-order chi connectivity index (χ0) is 14.6. The predicted octanol–water partition coefficient (Wildman–Crippen LogP) is 1.38. The van der Waals surface area contributed by atoms with Crippen molar-refractivity contribution in [2.75, 3.05) is 26.3 Å². The summed E-state index contributed by atoms with van der Waals surface area (Å²) in [5.41, 5.74) is 5.54. The van der Waals surface area contributed by atoms with Gasteiger partial charge in [-0.25, -0.2) is 12.8 Å². The van der Waals surface area contributed by atoms with E-state index in [2.05, 4.69) is 0 Å². The highest BCUT2D eigenvalue weighted by Crippen LogP contribution is 2.23. The van der Waals surface area contributed by atoms with Crippen LogP contribution in [-0.4, -0.2) is 45.1 Å². The number of hydrogen-bond acceptors (Lipinski definition) is 4. The van der Waals surface area contributed by atoms with E-state index in [1.165, 1.54) is 16.4 Å². The van der Waals surface area contributed by atoms with E-state index in [9.17, 15) is 12.8 Å². The molecule has 1 aliphatic heterocycles. The summed E-state index contributed by atoms with van der Waals surface area (Å²) in [5, 5.41) is 0. The molecular weight excluding hydrogens is 319 g/mol. The van der Waals surface area contributed by atoms with Gasteiger partial charge in [-0.2, -0.15) is 4.31 Å². The quantitative estimate of drug-likeness (QED) is 0.880. The van der Waals surface area contributed by atoms with Gasteiger partial charge in [0.05, 0.1) is 4.90 Å². The lowest BCUT2D eigenvalue weighted by Crippen LogP contribution is -2.45. The average Bonchev–Trinajstić information content (AvgIpc) is 2.46. The number of nitrogens with two attached hydrogens (primary N) is 1. The van der Waals surface area contributed by atoms with Crippen LogP contribution in [0.4, 0.5) is 4.39 Å². The Labute approximate surface area is 130 Å². The SMILES string of the molecule is Cl.NCCN(C1CCOCC1)S(=O)(=O)c1ccc(F)cc1. The Morgan fingerprint density at radius 3 is 2.33 bits per heavy atom. The third-order valence-electron chi connectivity index (χ3n) is 3.37. The second-order valence-electron chi connectivity index (χ2n) is 4.70. The first-order valence-electron chi connectivity index (χ1n) is 6.61. The highest BCUT2D eigenvalue weighted by molar-refractivity contribution is 7.89. The molecule has 1 aromatic carbocycles. The Morgan fingerprint density at radius 1 is 1.24 bits per heavy atom. The predicted molar refractivity (Wildman–Crippen MR) is 80.4 cm³/mol. The summed E-state index contributed by atoms with van der Waals surface area (Å²) >= 11 is 0. The highest BCUT2D eigenvalue weighted by Gasteiger charge is 2.31. The molecule has 0 amide bonds. The maximum Gasteiger partial charge on any atom is 0.243 e. The minimum Gasteiger partial charge on any atom is -0.381 e. The number of ether oxygens (including phenoxy) is 1. The summed E-state index contributed by atoms with van der Waals surface area (Å²) < 4.78 is 44.9. The molecule has 1 fully saturated rings. The summed E-state index contributed by atoms with van der Waals surface area (Å²) in [6.45, 7) is 1.59. The molecule has 0 spiro atoms. The molecular formula is C13H20ClFN2O3S. The summed E-state index contributed by atoms with van der Waals surface area (Å²) in [4.78, 5) is 0.0961. The molecule has 8 heteroatoms. The molecule has 0 atom stereocenters. The number of hydrogen-bond donors (Lipinski definition) is 1. The largest absolute Gasteiger partial charge is 0.381 e. The van der Waals surface area contributed by atoms with Gasteiger partial charge in [0, 0.05) is 32.3 Å². The third-order valence-corrected chi connectivity index (χ3v) is 5.33. The molecule has 5 nitrogen and oxygen atoms in total. The number of nitrogens with zero attached hydrogens (tertiary/aromatic N) is 1. The highest BCUT2D eigenvalue weighted by atomic mass is 35.5. The number of benzene rings is 1. The van der Waals surface area contributed by atoms with Crippen molar-refractivity contribution in [1.29, 1.82) is 0 Å². The number of sulfonamides is 1. The zero-order valence-electron chi connectivity index (χ0n) is 11.6. The van der Waals surface area contributed by atoms with Crippen molar-refractivity contribution in [3.63, 3.8) is 0 Å². The molecule has 0 unspecified atom stereocenters. The summed E-state index contributed by atoms with van der Waals surface area (Å²) in [6.07, 6.45) is 1.31. The number of rotatable bonds is 5. The Morgan fingerprint density at radius 2 is 1.81 bits per heavy atom. The lowest BCUT2D eigenvalue weighted by molar-refractivity contribution is 0.0590. The topological polar surface area (TPSA) is 72.6 Å². The van der Waals surface area contributed by atoms with E-state index in [4.69, 9.17) is 10.5 Å². The fraction of sp³-hybridized carbons (Fsp3) is 0.538. The van der Waals surface area contributed by atoms with Gasteiger partial charge in [-0.15, -0.1) is 12.4 Å². The van der Waals surface area contributed by atoms with Crippen LogP contribution in [0.1, 0.15) is 12.8 Å². The molecule has 0 bridgehead atoms. The summed E-state index contributed by atoms with van der Waals surface area (Å²) in [6, 6.07) is 4.76. The molecule has 0 aromatic heterocycles. The van der Waals surface area contributed by atoms with Crippen LogP contribution in [0.5, 0.6) is 0 Å². The van der Waals surface area contributed by atoms with Crippen LogP contribution in [0, 0.1) is 5.82 Å². The first-order chi connectivity index (χ1) is 9.55. The lowest BCUT2D eigenvalue weighted by Gasteiger charge is -2.33. The van der Waals surface area contributed by atoms with E-state index in [-0.39, 0.29) is 36.4 Å². The van der Waals surface area contributed by atoms with Gasteiger partial charge in [0.25, 0.3) is 0 Å². The Bertz CT molecular complexity index is 533. The first kappa shape index (κ1) is 18.3. The summed E-state index contributed by atoms with van der Waals surface area (Å²) in [5.74, 6) is -0.458. The van der Waals surface area contributed by atoms with Crippen molar-refractivity contribution in [2.24, 2.45) is 5.73 Å². The van der Waals surface area contributed by atoms with E-state index in [0.717, 1.165) is 12.1 Å². The van der Waals surface area contributed by atoms with E-state index < -0.39 is 15.8 Å². The van der Waals surface area contributed by atoms with Crippen LogP contribution in [0.15, 0.2) is 29.2 Å². The normalized spacial score (nSPS) is 16.7. The van der Waals surface area contributed by atoms with Gasteiger partial charge in [-0.3, -0.25) is 0 Å². The maximum absolute atomic E-state index is 12.9. The third kappa shape index (κ3) is 4.37.